The van der Waals surface area contributed by atoms with E-state index in [0.29, 0.717) is 11.6 Å². The van der Waals surface area contributed by atoms with Crippen molar-refractivity contribution in [3.63, 3.8) is 0 Å². The summed E-state index contributed by atoms with van der Waals surface area (Å²) in [4.78, 5) is 67.7. The number of fused-ring (bicyclic) bond motifs is 1. The molecule has 0 spiro atoms. The van der Waals surface area contributed by atoms with Gasteiger partial charge in [-0.2, -0.15) is 0 Å². The van der Waals surface area contributed by atoms with Crippen molar-refractivity contribution in [2.75, 3.05) is 23.4 Å². The number of aliphatic carboxylic acids is 1. The number of thioether (sulfide) groups is 2. The Bertz CT molecular complexity index is 1310. The SMILES string of the molecule is CCC(C)(C)OC(=O)Nc1nc(C(=O)C(=O)NC2C(=O)N3CC(CSc4nnnn4C)(C(=O)O)CS[C@H]23)cs1. The third kappa shape index (κ3) is 6.01. The highest BCUT2D eigenvalue weighted by Crippen LogP contribution is 2.44. The van der Waals surface area contributed by atoms with E-state index in [1.807, 2.05) is 6.92 Å². The van der Waals surface area contributed by atoms with E-state index in [1.54, 1.807) is 20.9 Å². The number of nitrogens with zero attached hydrogens (tertiary/aromatic N) is 6. The number of carbonyl (C=O) groups excluding carboxylic acids is 4. The Balaban J connectivity index is 1.33. The van der Waals surface area contributed by atoms with Crippen molar-refractivity contribution in [3.05, 3.63) is 11.1 Å². The molecule has 39 heavy (non-hydrogen) atoms. The summed E-state index contributed by atoms with van der Waals surface area (Å²) in [6.45, 7) is 5.31. The monoisotopic (exact) mass is 598 g/mol. The summed E-state index contributed by atoms with van der Waals surface area (Å²) in [7, 11) is 1.64. The van der Waals surface area contributed by atoms with E-state index < -0.39 is 52.1 Å². The summed E-state index contributed by atoms with van der Waals surface area (Å²) < 4.78 is 6.70. The van der Waals surface area contributed by atoms with Gasteiger partial charge in [-0.05, 0) is 30.7 Å². The maximum absolute atomic E-state index is 12.8. The number of β-lactam (4-membered cyclic amide) rings is 1. The number of hydrogen-bond acceptors (Lipinski definition) is 13. The molecule has 2 aromatic heterocycles. The van der Waals surface area contributed by atoms with Gasteiger partial charge in [0, 0.05) is 30.5 Å². The molecule has 3 amide bonds. The smallest absolute Gasteiger partial charge is 0.413 e. The van der Waals surface area contributed by atoms with E-state index in [9.17, 15) is 29.1 Å². The fourth-order valence-corrected chi connectivity index (χ4v) is 7.03. The number of thiazole rings is 1. The fraction of sp³-hybridized carbons (Fsp3) is 0.571. The van der Waals surface area contributed by atoms with E-state index in [-0.39, 0.29) is 28.9 Å². The number of rotatable bonds is 10. The highest BCUT2D eigenvalue weighted by atomic mass is 32.2. The molecular formula is C21H26N8O7S3. The summed E-state index contributed by atoms with van der Waals surface area (Å²) >= 11 is 3.34. The first kappa shape index (κ1) is 28.8. The van der Waals surface area contributed by atoms with Gasteiger partial charge in [-0.15, -0.1) is 28.2 Å². The van der Waals surface area contributed by atoms with Crippen molar-refractivity contribution in [1.82, 2.24) is 35.4 Å². The summed E-state index contributed by atoms with van der Waals surface area (Å²) in [6.07, 6.45) is -0.145. The van der Waals surface area contributed by atoms with Gasteiger partial charge < -0.3 is 20.1 Å². The Morgan fingerprint density at radius 1 is 1.33 bits per heavy atom. The van der Waals surface area contributed by atoms with Crippen molar-refractivity contribution in [1.29, 1.82) is 0 Å². The quantitative estimate of drug-likeness (QED) is 0.151. The lowest BCUT2D eigenvalue weighted by Crippen LogP contribution is -2.74. The molecule has 3 N–H and O–H groups in total. The first-order valence-electron chi connectivity index (χ1n) is 11.7. The van der Waals surface area contributed by atoms with Crippen LogP contribution in [0, 0.1) is 5.41 Å². The molecule has 0 aromatic carbocycles. The summed E-state index contributed by atoms with van der Waals surface area (Å²) in [5, 5.41) is 27.3. The Morgan fingerprint density at radius 3 is 2.72 bits per heavy atom. The molecular weight excluding hydrogens is 572 g/mol. The topological polar surface area (TPSA) is 199 Å². The average molecular weight is 599 g/mol. The number of carboxylic acid groups (broad SMARTS) is 1. The molecule has 4 heterocycles. The van der Waals surface area contributed by atoms with Gasteiger partial charge >= 0.3 is 12.1 Å². The number of aromatic nitrogens is 5. The molecule has 3 atom stereocenters. The molecule has 2 saturated heterocycles. The second kappa shape index (κ2) is 11.1. The average Bonchev–Trinajstić information content (AvgIpc) is 3.53. The summed E-state index contributed by atoms with van der Waals surface area (Å²) in [5.41, 5.74) is -2.12. The molecule has 4 rings (SSSR count). The van der Waals surface area contributed by atoms with Crippen LogP contribution in [0.1, 0.15) is 37.7 Å². The van der Waals surface area contributed by atoms with Crippen LogP contribution in [-0.4, -0.2) is 99.9 Å². The zero-order valence-corrected chi connectivity index (χ0v) is 23.8. The predicted molar refractivity (Wildman–Crippen MR) is 140 cm³/mol. The molecule has 15 nitrogen and oxygen atoms in total. The van der Waals surface area contributed by atoms with Gasteiger partial charge in [-0.3, -0.25) is 24.5 Å². The molecule has 18 heteroatoms. The zero-order chi connectivity index (χ0) is 28.5. The largest absolute Gasteiger partial charge is 0.481 e. The van der Waals surface area contributed by atoms with Crippen molar-refractivity contribution >= 4 is 69.7 Å². The van der Waals surface area contributed by atoms with Gasteiger partial charge in [0.2, 0.25) is 11.1 Å². The predicted octanol–water partition coefficient (Wildman–Crippen LogP) is 0.850. The minimum Gasteiger partial charge on any atom is -0.481 e. The number of ketones is 1. The molecule has 0 bridgehead atoms. The first-order chi connectivity index (χ1) is 18.4. The van der Waals surface area contributed by atoms with Gasteiger partial charge in [0.05, 0.1) is 0 Å². The lowest BCUT2D eigenvalue weighted by molar-refractivity contribution is -0.157. The van der Waals surface area contributed by atoms with E-state index in [2.05, 4.69) is 31.1 Å². The molecule has 2 fully saturated rings. The highest BCUT2D eigenvalue weighted by Gasteiger charge is 2.57. The number of Topliss-reactive ketones (excluding diaryl/α,β-unsaturated/α-hetero) is 1. The van der Waals surface area contributed by atoms with Crippen LogP contribution in [0.25, 0.3) is 0 Å². The molecule has 2 aliphatic heterocycles. The molecule has 2 unspecified atom stereocenters. The van der Waals surface area contributed by atoms with Gasteiger partial charge in [0.25, 0.3) is 11.7 Å². The third-order valence-corrected chi connectivity index (χ3v) is 9.96. The minimum atomic E-state index is -1.24. The van der Waals surface area contributed by atoms with Crippen molar-refractivity contribution in [2.24, 2.45) is 12.5 Å². The minimum absolute atomic E-state index is 0.0521. The number of hydrogen-bond donors (Lipinski definition) is 3. The van der Waals surface area contributed by atoms with Gasteiger partial charge in [-0.25, -0.2) is 14.5 Å². The molecule has 0 radical (unpaired) electrons. The van der Waals surface area contributed by atoms with Gasteiger partial charge in [-0.1, -0.05) is 18.7 Å². The standard InChI is InChI=1S/C21H26N8O7S3/c1-5-20(2,3)36-19(35)24-17-22-10(6-37-17)12(30)13(31)23-11-14(32)29-7-21(16(33)34,8-38-15(11)29)9-39-18-25-26-27-28(18)4/h6,11,15H,5,7-9H2,1-4H3,(H,23,31)(H,33,34)(H,22,24,35)/t11?,15-,21?/m1/s1. The van der Waals surface area contributed by atoms with Crippen LogP contribution in [0.15, 0.2) is 10.5 Å². The van der Waals surface area contributed by atoms with Crippen molar-refractivity contribution in [3.8, 4) is 0 Å². The summed E-state index contributed by atoms with van der Waals surface area (Å²) in [6, 6.07) is -0.976. The molecule has 2 aromatic rings. The van der Waals surface area contributed by atoms with Crippen LogP contribution >= 0.6 is 34.9 Å². The van der Waals surface area contributed by atoms with Gasteiger partial charge in [0.15, 0.2) is 5.13 Å². The number of anilines is 1. The fourth-order valence-electron chi connectivity index (χ4n) is 3.65. The maximum atomic E-state index is 12.8. The van der Waals surface area contributed by atoms with Gasteiger partial charge in [0.1, 0.15) is 28.1 Å². The second-order valence-electron chi connectivity index (χ2n) is 9.57. The van der Waals surface area contributed by atoms with E-state index in [0.717, 1.165) is 11.3 Å². The summed E-state index contributed by atoms with van der Waals surface area (Å²) in [5.74, 6) is -3.21. The molecule has 0 aliphatic carbocycles. The van der Waals surface area contributed by atoms with Crippen LogP contribution < -0.4 is 10.6 Å². The van der Waals surface area contributed by atoms with Crippen molar-refractivity contribution < 1.29 is 33.8 Å². The number of ether oxygens (including phenoxy) is 1. The van der Waals surface area contributed by atoms with E-state index >= 15 is 0 Å². The van der Waals surface area contributed by atoms with E-state index in [4.69, 9.17) is 4.74 Å². The van der Waals surface area contributed by atoms with Crippen LogP contribution in [0.3, 0.4) is 0 Å². The number of tetrazole rings is 1. The van der Waals surface area contributed by atoms with Crippen LogP contribution in [-0.2, 0) is 26.2 Å². The Kier molecular flexibility index (Phi) is 8.17. The number of carboxylic acids is 1. The molecule has 210 valence electrons. The lowest BCUT2D eigenvalue weighted by Gasteiger charge is -2.53. The van der Waals surface area contributed by atoms with Crippen LogP contribution in [0.4, 0.5) is 9.93 Å². The lowest BCUT2D eigenvalue weighted by atomic mass is 9.89. The molecule has 2 aliphatic rings. The number of amides is 3. The Labute approximate surface area is 234 Å². The normalized spacial score (nSPS) is 22.5. The van der Waals surface area contributed by atoms with Crippen LogP contribution in [0.2, 0.25) is 0 Å². The highest BCUT2D eigenvalue weighted by molar-refractivity contribution is 8.00. The molecule has 0 saturated carbocycles. The number of carbonyl (C=O) groups is 5. The van der Waals surface area contributed by atoms with E-state index in [1.165, 1.54) is 38.5 Å². The third-order valence-electron chi connectivity index (χ3n) is 6.32. The van der Waals surface area contributed by atoms with Crippen molar-refractivity contribution in [2.45, 2.75) is 49.4 Å². The second-order valence-corrected chi connectivity index (χ2v) is 12.5. The van der Waals surface area contributed by atoms with Crippen LogP contribution in [0.5, 0.6) is 0 Å². The zero-order valence-electron chi connectivity index (χ0n) is 21.4. The Hall–Kier alpha value is -3.25. The Morgan fingerprint density at radius 2 is 2.08 bits per heavy atom. The first-order valence-corrected chi connectivity index (χ1v) is 14.6. The number of nitrogens with one attached hydrogen (secondary N) is 2. The number of aryl methyl sites for hydroxylation is 1. The maximum Gasteiger partial charge on any atom is 0.413 e.